The number of amides is 1. The maximum Gasteiger partial charge on any atom is 0.237 e. The molecule has 1 saturated heterocycles. The molecule has 4 rings (SSSR count). The summed E-state index contributed by atoms with van der Waals surface area (Å²) in [6.45, 7) is 2.14. The lowest BCUT2D eigenvalue weighted by Gasteiger charge is -2.35. The first-order chi connectivity index (χ1) is 16.1. The molecule has 1 aliphatic rings. The quantitative estimate of drug-likeness (QED) is 0.507. The van der Waals surface area contributed by atoms with Gasteiger partial charge in [-0.2, -0.15) is 0 Å². The van der Waals surface area contributed by atoms with Crippen LogP contribution in [-0.4, -0.2) is 36.5 Å². The molecular weight excluding hydrogens is 418 g/mol. The summed E-state index contributed by atoms with van der Waals surface area (Å²) < 4.78 is 27.0. The lowest BCUT2D eigenvalue weighted by molar-refractivity contribution is -0.127. The Morgan fingerprint density at radius 2 is 1.48 bits per heavy atom. The molecule has 1 atom stereocenters. The van der Waals surface area contributed by atoms with Gasteiger partial charge in [0.25, 0.3) is 0 Å². The summed E-state index contributed by atoms with van der Waals surface area (Å²) in [5.74, 6) is -0.776. The molecule has 1 unspecified atom stereocenters. The molecule has 1 fully saturated rings. The second kappa shape index (κ2) is 11.2. The Bertz CT molecular complexity index is 977. The molecule has 1 heterocycles. The van der Waals surface area contributed by atoms with Crippen molar-refractivity contribution in [3.8, 4) is 0 Å². The number of hydrogen-bond acceptors (Lipinski definition) is 2. The Kier molecular flexibility index (Phi) is 7.84. The molecule has 0 bridgehead atoms. The predicted octanol–water partition coefficient (Wildman–Crippen LogP) is 5.31. The largest absolute Gasteiger partial charge is 0.354 e. The molecular formula is C28H30F2N2O. The molecule has 1 aliphatic heterocycles. The molecule has 0 radical (unpaired) electrons. The molecule has 3 aromatic rings. The van der Waals surface area contributed by atoms with E-state index in [1.807, 2.05) is 18.2 Å². The van der Waals surface area contributed by atoms with Crippen LogP contribution in [0.5, 0.6) is 0 Å². The van der Waals surface area contributed by atoms with Crippen LogP contribution in [0.2, 0.25) is 0 Å². The van der Waals surface area contributed by atoms with E-state index in [1.54, 1.807) is 24.3 Å². The van der Waals surface area contributed by atoms with Crippen LogP contribution in [0.1, 0.15) is 41.9 Å². The predicted molar refractivity (Wildman–Crippen MR) is 127 cm³/mol. The third-order valence-corrected chi connectivity index (χ3v) is 6.47. The Morgan fingerprint density at radius 1 is 0.879 bits per heavy atom. The minimum Gasteiger partial charge on any atom is -0.354 e. The Balaban J connectivity index is 1.44. The van der Waals surface area contributed by atoms with Crippen molar-refractivity contribution < 1.29 is 13.6 Å². The van der Waals surface area contributed by atoms with Gasteiger partial charge >= 0.3 is 0 Å². The fourth-order valence-electron chi connectivity index (χ4n) is 4.61. The lowest BCUT2D eigenvalue weighted by atomic mass is 9.91. The van der Waals surface area contributed by atoms with E-state index in [-0.39, 0.29) is 29.5 Å². The maximum atomic E-state index is 13.5. The summed E-state index contributed by atoms with van der Waals surface area (Å²) in [7, 11) is 0. The van der Waals surface area contributed by atoms with Gasteiger partial charge in [0.2, 0.25) is 5.91 Å². The summed E-state index contributed by atoms with van der Waals surface area (Å²) in [5, 5.41) is 3.14. The van der Waals surface area contributed by atoms with Gasteiger partial charge in [-0.1, -0.05) is 61.0 Å². The number of benzene rings is 3. The number of nitrogens with one attached hydrogen (secondary N) is 1. The van der Waals surface area contributed by atoms with Crippen LogP contribution in [0.4, 0.5) is 8.78 Å². The van der Waals surface area contributed by atoms with E-state index >= 15 is 0 Å². The van der Waals surface area contributed by atoms with E-state index < -0.39 is 0 Å². The second-order valence-electron chi connectivity index (χ2n) is 8.68. The van der Waals surface area contributed by atoms with Crippen molar-refractivity contribution in [3.63, 3.8) is 0 Å². The zero-order valence-electron chi connectivity index (χ0n) is 18.7. The van der Waals surface area contributed by atoms with E-state index in [2.05, 4.69) is 22.3 Å². The summed E-state index contributed by atoms with van der Waals surface area (Å²) in [6.07, 6.45) is 3.91. The standard InChI is InChI=1S/C28H30F2N2O/c29-24-13-9-22(10-14-24)26(23-11-15-25(30)16-12-23)20-31-28(33)27-8-4-5-18-32(27)19-17-21-6-2-1-3-7-21/h1-3,6-7,9-16,26-27H,4-5,8,17-20H2,(H,31,33). The van der Waals surface area contributed by atoms with Crippen LogP contribution >= 0.6 is 0 Å². The van der Waals surface area contributed by atoms with Crippen LogP contribution in [0.3, 0.4) is 0 Å². The number of carbonyl (C=O) groups is 1. The van der Waals surface area contributed by atoms with Gasteiger partial charge in [0.05, 0.1) is 6.04 Å². The SMILES string of the molecule is O=C(NCC(c1ccc(F)cc1)c1ccc(F)cc1)C1CCCCN1CCc1ccccc1. The number of rotatable bonds is 8. The highest BCUT2D eigenvalue weighted by molar-refractivity contribution is 5.82. The van der Waals surface area contributed by atoms with Crippen LogP contribution in [0.15, 0.2) is 78.9 Å². The van der Waals surface area contributed by atoms with Crippen molar-refractivity contribution >= 4 is 5.91 Å². The molecule has 3 nitrogen and oxygen atoms in total. The van der Waals surface area contributed by atoms with E-state index in [1.165, 1.54) is 29.8 Å². The fraction of sp³-hybridized carbons (Fsp3) is 0.321. The van der Waals surface area contributed by atoms with Crippen molar-refractivity contribution in [3.05, 3.63) is 107 Å². The number of piperidine rings is 1. The van der Waals surface area contributed by atoms with E-state index in [0.717, 1.165) is 49.9 Å². The minimum atomic E-state index is -0.308. The fourth-order valence-corrected chi connectivity index (χ4v) is 4.61. The molecule has 0 saturated carbocycles. The topological polar surface area (TPSA) is 32.3 Å². The molecule has 1 amide bonds. The summed E-state index contributed by atoms with van der Waals surface area (Å²) in [4.78, 5) is 15.5. The number of carbonyl (C=O) groups excluding carboxylic acids is 1. The molecule has 0 aliphatic carbocycles. The molecule has 5 heteroatoms. The normalized spacial score (nSPS) is 16.6. The second-order valence-corrected chi connectivity index (χ2v) is 8.68. The van der Waals surface area contributed by atoms with Gasteiger partial charge in [0.15, 0.2) is 0 Å². The lowest BCUT2D eigenvalue weighted by Crippen LogP contribution is -2.50. The molecule has 1 N–H and O–H groups in total. The Labute approximate surface area is 194 Å². The first-order valence-corrected chi connectivity index (χ1v) is 11.7. The monoisotopic (exact) mass is 448 g/mol. The van der Waals surface area contributed by atoms with Gasteiger partial charge in [-0.3, -0.25) is 9.69 Å². The summed E-state index contributed by atoms with van der Waals surface area (Å²) in [6, 6.07) is 22.8. The third kappa shape index (κ3) is 6.26. The van der Waals surface area contributed by atoms with Gasteiger partial charge in [0.1, 0.15) is 11.6 Å². The van der Waals surface area contributed by atoms with Gasteiger partial charge < -0.3 is 5.32 Å². The zero-order chi connectivity index (χ0) is 23.0. The van der Waals surface area contributed by atoms with Crippen molar-refractivity contribution in [1.29, 1.82) is 0 Å². The van der Waals surface area contributed by atoms with Crippen LogP contribution in [-0.2, 0) is 11.2 Å². The van der Waals surface area contributed by atoms with E-state index in [9.17, 15) is 13.6 Å². The van der Waals surface area contributed by atoms with Crippen molar-refractivity contribution in [2.45, 2.75) is 37.6 Å². The van der Waals surface area contributed by atoms with E-state index in [4.69, 9.17) is 0 Å². The molecule has 33 heavy (non-hydrogen) atoms. The molecule has 0 spiro atoms. The highest BCUT2D eigenvalue weighted by atomic mass is 19.1. The zero-order valence-corrected chi connectivity index (χ0v) is 18.7. The highest BCUT2D eigenvalue weighted by Gasteiger charge is 2.29. The number of likely N-dealkylation sites (tertiary alicyclic amines) is 1. The first kappa shape index (κ1) is 23.1. The Morgan fingerprint density at radius 3 is 2.09 bits per heavy atom. The van der Waals surface area contributed by atoms with Crippen LogP contribution < -0.4 is 5.32 Å². The first-order valence-electron chi connectivity index (χ1n) is 11.7. The van der Waals surface area contributed by atoms with Crippen LogP contribution in [0, 0.1) is 11.6 Å². The smallest absolute Gasteiger partial charge is 0.237 e. The average Bonchev–Trinajstić information content (AvgIpc) is 2.85. The molecule has 0 aromatic heterocycles. The number of halogens is 2. The van der Waals surface area contributed by atoms with Gasteiger partial charge in [-0.05, 0) is 66.8 Å². The minimum absolute atomic E-state index is 0.0250. The van der Waals surface area contributed by atoms with Gasteiger partial charge in [0, 0.05) is 19.0 Å². The number of hydrogen-bond donors (Lipinski definition) is 1. The van der Waals surface area contributed by atoms with Crippen molar-refractivity contribution in [2.75, 3.05) is 19.6 Å². The molecule has 172 valence electrons. The maximum absolute atomic E-state index is 13.5. The molecule has 3 aromatic carbocycles. The van der Waals surface area contributed by atoms with Crippen molar-refractivity contribution in [2.24, 2.45) is 0 Å². The summed E-state index contributed by atoms with van der Waals surface area (Å²) in [5.41, 5.74) is 3.04. The third-order valence-electron chi connectivity index (χ3n) is 6.47. The average molecular weight is 449 g/mol. The van der Waals surface area contributed by atoms with Crippen molar-refractivity contribution in [1.82, 2.24) is 10.2 Å². The van der Waals surface area contributed by atoms with Crippen LogP contribution in [0.25, 0.3) is 0 Å². The highest BCUT2D eigenvalue weighted by Crippen LogP contribution is 2.25. The summed E-state index contributed by atoms with van der Waals surface area (Å²) >= 11 is 0. The van der Waals surface area contributed by atoms with Gasteiger partial charge in [-0.25, -0.2) is 8.78 Å². The van der Waals surface area contributed by atoms with E-state index in [0.29, 0.717) is 6.54 Å². The number of nitrogens with zero attached hydrogens (tertiary/aromatic N) is 1. The Hall–Kier alpha value is -3.05. The van der Waals surface area contributed by atoms with Gasteiger partial charge in [-0.15, -0.1) is 0 Å².